The maximum atomic E-state index is 11.8. The van der Waals surface area contributed by atoms with Crippen molar-refractivity contribution < 1.29 is 4.79 Å². The van der Waals surface area contributed by atoms with Crippen molar-refractivity contribution in [1.29, 1.82) is 0 Å². The maximum Gasteiger partial charge on any atom is 0.220 e. The number of hydrogen-bond acceptors (Lipinski definition) is 2. The van der Waals surface area contributed by atoms with Crippen molar-refractivity contribution >= 4 is 5.91 Å². The first-order valence-corrected chi connectivity index (χ1v) is 6.58. The van der Waals surface area contributed by atoms with Crippen molar-refractivity contribution in [3.05, 3.63) is 0 Å². The Morgan fingerprint density at radius 2 is 1.71 bits per heavy atom. The summed E-state index contributed by atoms with van der Waals surface area (Å²) in [5.74, 6) is 0.150. The summed E-state index contributed by atoms with van der Waals surface area (Å²) in [4.78, 5) is 11.8. The van der Waals surface area contributed by atoms with Crippen molar-refractivity contribution in [2.24, 2.45) is 16.6 Å². The van der Waals surface area contributed by atoms with Crippen LogP contribution in [0.25, 0.3) is 0 Å². The summed E-state index contributed by atoms with van der Waals surface area (Å²) in [6.07, 6.45) is 2.45. The number of hydrogen-bond donors (Lipinski definition) is 2. The molecule has 3 N–H and O–H groups in total. The fraction of sp³-hybridized carbons (Fsp3) is 0.929. The van der Waals surface area contributed by atoms with Crippen molar-refractivity contribution in [3.8, 4) is 0 Å². The molecule has 17 heavy (non-hydrogen) atoms. The van der Waals surface area contributed by atoms with Gasteiger partial charge in [-0.2, -0.15) is 0 Å². The number of amides is 1. The molecule has 1 amide bonds. The average molecular weight is 242 g/mol. The van der Waals surface area contributed by atoms with Crippen LogP contribution in [-0.4, -0.2) is 18.5 Å². The SMILES string of the molecule is CC(NC(=O)CCC(C)(C)CCN)C(C)(C)C. The normalized spacial score (nSPS) is 14.5. The van der Waals surface area contributed by atoms with Gasteiger partial charge in [0.2, 0.25) is 5.91 Å². The molecule has 0 radical (unpaired) electrons. The number of rotatable bonds is 6. The van der Waals surface area contributed by atoms with Crippen LogP contribution in [0.2, 0.25) is 0 Å². The van der Waals surface area contributed by atoms with Gasteiger partial charge in [-0.3, -0.25) is 4.79 Å². The Hall–Kier alpha value is -0.570. The van der Waals surface area contributed by atoms with E-state index in [1.807, 2.05) is 0 Å². The van der Waals surface area contributed by atoms with Crippen LogP contribution in [0.3, 0.4) is 0 Å². The first-order chi connectivity index (χ1) is 7.58. The molecule has 0 aliphatic rings. The van der Waals surface area contributed by atoms with Crippen LogP contribution in [0.5, 0.6) is 0 Å². The van der Waals surface area contributed by atoms with Crippen LogP contribution in [0.15, 0.2) is 0 Å². The Morgan fingerprint density at radius 1 is 1.18 bits per heavy atom. The highest BCUT2D eigenvalue weighted by Gasteiger charge is 2.23. The minimum Gasteiger partial charge on any atom is -0.353 e. The van der Waals surface area contributed by atoms with E-state index in [2.05, 4.69) is 46.9 Å². The molecule has 0 aromatic carbocycles. The summed E-state index contributed by atoms with van der Waals surface area (Å²) in [6, 6.07) is 0.202. The predicted octanol–water partition coefficient (Wildman–Crippen LogP) is 2.69. The van der Waals surface area contributed by atoms with Gasteiger partial charge < -0.3 is 11.1 Å². The third kappa shape index (κ3) is 7.37. The largest absolute Gasteiger partial charge is 0.353 e. The molecule has 0 spiro atoms. The number of carbonyl (C=O) groups excluding carboxylic acids is 1. The highest BCUT2D eigenvalue weighted by molar-refractivity contribution is 5.76. The molecule has 0 heterocycles. The predicted molar refractivity (Wildman–Crippen MR) is 73.7 cm³/mol. The van der Waals surface area contributed by atoms with Crippen LogP contribution >= 0.6 is 0 Å². The van der Waals surface area contributed by atoms with E-state index >= 15 is 0 Å². The van der Waals surface area contributed by atoms with Crippen molar-refractivity contribution in [2.45, 2.75) is 66.8 Å². The lowest BCUT2D eigenvalue weighted by Crippen LogP contribution is -2.41. The standard InChI is InChI=1S/C14H30N2O/c1-11(13(2,3)4)16-12(17)7-8-14(5,6)9-10-15/h11H,7-10,15H2,1-6H3,(H,16,17). The first-order valence-electron chi connectivity index (χ1n) is 6.58. The molecular weight excluding hydrogens is 212 g/mol. The Bertz CT molecular complexity index is 241. The monoisotopic (exact) mass is 242 g/mol. The third-order valence-electron chi connectivity index (χ3n) is 3.53. The number of nitrogens with one attached hydrogen (secondary N) is 1. The van der Waals surface area contributed by atoms with Crippen LogP contribution in [-0.2, 0) is 4.79 Å². The van der Waals surface area contributed by atoms with E-state index in [0.717, 1.165) is 12.8 Å². The van der Waals surface area contributed by atoms with Crippen molar-refractivity contribution in [1.82, 2.24) is 5.32 Å². The minimum absolute atomic E-state index is 0.114. The lowest BCUT2D eigenvalue weighted by Gasteiger charge is -2.29. The number of nitrogens with two attached hydrogens (primary N) is 1. The summed E-state index contributed by atoms with van der Waals surface area (Å²) in [7, 11) is 0. The van der Waals surface area contributed by atoms with Gasteiger partial charge in [-0.25, -0.2) is 0 Å². The Morgan fingerprint density at radius 3 is 2.12 bits per heavy atom. The lowest BCUT2D eigenvalue weighted by molar-refractivity contribution is -0.123. The van der Waals surface area contributed by atoms with Gasteiger partial charge in [0.25, 0.3) is 0 Å². The summed E-state index contributed by atoms with van der Waals surface area (Å²) in [6.45, 7) is 13.5. The molecule has 1 atom stereocenters. The molecule has 0 saturated heterocycles. The zero-order valence-electron chi connectivity index (χ0n) is 12.4. The van der Waals surface area contributed by atoms with Gasteiger partial charge in [0, 0.05) is 12.5 Å². The van der Waals surface area contributed by atoms with Crippen LogP contribution in [0.4, 0.5) is 0 Å². The second-order valence-corrected chi connectivity index (χ2v) is 6.86. The van der Waals surface area contributed by atoms with Gasteiger partial charge in [-0.05, 0) is 37.1 Å². The lowest BCUT2D eigenvalue weighted by atomic mass is 9.84. The van der Waals surface area contributed by atoms with Gasteiger partial charge in [0.05, 0.1) is 0 Å². The van der Waals surface area contributed by atoms with Crippen LogP contribution in [0.1, 0.15) is 60.8 Å². The van der Waals surface area contributed by atoms with Gasteiger partial charge in [-0.1, -0.05) is 34.6 Å². The minimum atomic E-state index is 0.114. The average Bonchev–Trinajstić information content (AvgIpc) is 2.13. The van der Waals surface area contributed by atoms with Crippen molar-refractivity contribution in [2.75, 3.05) is 6.54 Å². The molecular formula is C14H30N2O. The third-order valence-corrected chi connectivity index (χ3v) is 3.53. The van der Waals surface area contributed by atoms with Gasteiger partial charge in [0.15, 0.2) is 0 Å². The van der Waals surface area contributed by atoms with E-state index in [4.69, 9.17) is 5.73 Å². The fourth-order valence-electron chi connectivity index (χ4n) is 1.50. The molecule has 0 saturated carbocycles. The Balaban J connectivity index is 4.04. The molecule has 3 heteroatoms. The molecule has 102 valence electrons. The maximum absolute atomic E-state index is 11.8. The van der Waals surface area contributed by atoms with E-state index in [-0.39, 0.29) is 22.8 Å². The second-order valence-electron chi connectivity index (χ2n) is 6.86. The Kier molecular flexibility index (Phi) is 6.17. The summed E-state index contributed by atoms with van der Waals surface area (Å²) in [5.41, 5.74) is 5.84. The molecule has 0 bridgehead atoms. The smallest absolute Gasteiger partial charge is 0.220 e. The van der Waals surface area contributed by atoms with Crippen LogP contribution < -0.4 is 11.1 Å². The quantitative estimate of drug-likeness (QED) is 0.752. The molecule has 1 unspecified atom stereocenters. The summed E-state index contributed by atoms with van der Waals surface area (Å²) in [5, 5.41) is 3.06. The molecule has 0 aliphatic heterocycles. The Labute approximate surface area is 107 Å². The van der Waals surface area contributed by atoms with E-state index in [1.165, 1.54) is 0 Å². The molecule has 0 aromatic rings. The van der Waals surface area contributed by atoms with E-state index in [0.29, 0.717) is 13.0 Å². The highest BCUT2D eigenvalue weighted by Crippen LogP contribution is 2.26. The molecule has 0 fully saturated rings. The zero-order valence-corrected chi connectivity index (χ0v) is 12.4. The fourth-order valence-corrected chi connectivity index (χ4v) is 1.50. The summed E-state index contributed by atoms with van der Waals surface area (Å²) < 4.78 is 0. The first kappa shape index (κ1) is 16.4. The topological polar surface area (TPSA) is 55.1 Å². The molecule has 0 aromatic heterocycles. The summed E-state index contributed by atoms with van der Waals surface area (Å²) >= 11 is 0. The highest BCUT2D eigenvalue weighted by atomic mass is 16.1. The van der Waals surface area contributed by atoms with Gasteiger partial charge in [0.1, 0.15) is 0 Å². The van der Waals surface area contributed by atoms with Gasteiger partial charge >= 0.3 is 0 Å². The zero-order chi connectivity index (χ0) is 13.7. The van der Waals surface area contributed by atoms with E-state index in [1.54, 1.807) is 0 Å². The van der Waals surface area contributed by atoms with E-state index in [9.17, 15) is 4.79 Å². The van der Waals surface area contributed by atoms with Crippen LogP contribution in [0, 0.1) is 10.8 Å². The van der Waals surface area contributed by atoms with E-state index < -0.39 is 0 Å². The molecule has 0 rings (SSSR count). The molecule has 3 nitrogen and oxygen atoms in total. The van der Waals surface area contributed by atoms with Gasteiger partial charge in [-0.15, -0.1) is 0 Å². The molecule has 0 aliphatic carbocycles. The number of carbonyl (C=O) groups is 1. The van der Waals surface area contributed by atoms with Crippen molar-refractivity contribution in [3.63, 3.8) is 0 Å². The second kappa shape index (κ2) is 6.39.